The van der Waals surface area contributed by atoms with Crippen LogP contribution in [0.2, 0.25) is 0 Å². The molecule has 1 aromatic heterocycles. The Labute approximate surface area is 141 Å². The first kappa shape index (κ1) is 19.6. The molecule has 0 aromatic carbocycles. The summed E-state index contributed by atoms with van der Waals surface area (Å²) in [5.41, 5.74) is 10.5. The number of thiophene rings is 1. The molecule has 1 rings (SSSR count). The van der Waals surface area contributed by atoms with E-state index in [1.807, 2.05) is 19.9 Å². The van der Waals surface area contributed by atoms with Crippen LogP contribution in [0, 0.1) is 0 Å². The highest BCUT2D eigenvalue weighted by molar-refractivity contribution is 14.0. The van der Waals surface area contributed by atoms with Crippen molar-refractivity contribution in [2.75, 3.05) is 19.6 Å². The van der Waals surface area contributed by atoms with Gasteiger partial charge in [-0.2, -0.15) is 4.31 Å². The first-order valence-corrected chi connectivity index (χ1v) is 8.31. The lowest BCUT2D eigenvalue weighted by Crippen LogP contribution is -2.29. The molecule has 0 bridgehead atoms. The summed E-state index contributed by atoms with van der Waals surface area (Å²) in [5.74, 6) is 0.0487. The third-order valence-electron chi connectivity index (χ3n) is 2.59. The van der Waals surface area contributed by atoms with E-state index in [9.17, 15) is 8.42 Å². The van der Waals surface area contributed by atoms with Crippen molar-refractivity contribution in [2.24, 2.45) is 16.5 Å². The smallest absolute Gasteiger partial charge is 0.252 e. The minimum absolute atomic E-state index is 0. The molecule has 0 aliphatic rings. The SMILES string of the molecule is CCN(CC)S(=O)(=O)c1ccc(CCN=C(N)N)s1.I. The molecule has 9 heteroatoms. The van der Waals surface area contributed by atoms with E-state index in [-0.39, 0.29) is 29.9 Å². The molecule has 0 unspecified atom stereocenters. The molecule has 0 spiro atoms. The second kappa shape index (κ2) is 8.80. The summed E-state index contributed by atoms with van der Waals surface area (Å²) in [4.78, 5) is 4.83. The predicted octanol–water partition coefficient (Wildman–Crippen LogP) is 1.21. The third-order valence-corrected chi connectivity index (χ3v) is 6.25. The Morgan fingerprint density at radius 1 is 1.30 bits per heavy atom. The molecule has 0 amide bonds. The van der Waals surface area contributed by atoms with Crippen LogP contribution in [0.3, 0.4) is 0 Å². The third kappa shape index (κ3) is 5.19. The number of guanidine groups is 1. The number of nitrogens with zero attached hydrogens (tertiary/aromatic N) is 2. The van der Waals surface area contributed by atoms with Gasteiger partial charge in [0.2, 0.25) is 0 Å². The van der Waals surface area contributed by atoms with Crippen molar-refractivity contribution in [3.05, 3.63) is 17.0 Å². The highest BCUT2D eigenvalue weighted by atomic mass is 127. The van der Waals surface area contributed by atoms with E-state index in [4.69, 9.17) is 11.5 Å². The van der Waals surface area contributed by atoms with Crippen molar-refractivity contribution >= 4 is 51.3 Å². The van der Waals surface area contributed by atoms with Crippen molar-refractivity contribution < 1.29 is 8.42 Å². The zero-order valence-corrected chi connectivity index (χ0v) is 15.5. The maximum Gasteiger partial charge on any atom is 0.252 e. The van der Waals surface area contributed by atoms with Gasteiger partial charge in [-0.1, -0.05) is 13.8 Å². The second-order valence-electron chi connectivity index (χ2n) is 3.87. The Hall–Kier alpha value is -0.390. The fourth-order valence-corrected chi connectivity index (χ4v) is 4.57. The van der Waals surface area contributed by atoms with Gasteiger partial charge in [-0.15, -0.1) is 35.3 Å². The lowest BCUT2D eigenvalue weighted by Gasteiger charge is -2.16. The summed E-state index contributed by atoms with van der Waals surface area (Å²) in [6, 6.07) is 3.45. The monoisotopic (exact) mass is 432 g/mol. The highest BCUT2D eigenvalue weighted by Crippen LogP contribution is 2.25. The number of sulfonamides is 1. The van der Waals surface area contributed by atoms with Crippen molar-refractivity contribution in [3.63, 3.8) is 0 Å². The Balaban J connectivity index is 0.00000361. The predicted molar refractivity (Wildman–Crippen MR) is 94.2 cm³/mol. The molecule has 6 nitrogen and oxygen atoms in total. The quantitative estimate of drug-likeness (QED) is 0.384. The Morgan fingerprint density at radius 3 is 2.40 bits per heavy atom. The zero-order chi connectivity index (χ0) is 14.5. The number of hydrogen-bond donors (Lipinski definition) is 2. The summed E-state index contributed by atoms with van der Waals surface area (Å²) in [6.45, 7) is 5.07. The fraction of sp³-hybridized carbons (Fsp3) is 0.545. The van der Waals surface area contributed by atoms with Gasteiger partial charge >= 0.3 is 0 Å². The van der Waals surface area contributed by atoms with Crippen LogP contribution in [0.15, 0.2) is 21.3 Å². The van der Waals surface area contributed by atoms with E-state index >= 15 is 0 Å². The Morgan fingerprint density at radius 2 is 1.90 bits per heavy atom. The minimum Gasteiger partial charge on any atom is -0.370 e. The van der Waals surface area contributed by atoms with E-state index in [0.29, 0.717) is 30.3 Å². The maximum atomic E-state index is 12.3. The van der Waals surface area contributed by atoms with Gasteiger partial charge in [-0.05, 0) is 12.1 Å². The summed E-state index contributed by atoms with van der Waals surface area (Å²) in [6.07, 6.45) is 0.635. The lowest BCUT2D eigenvalue weighted by atomic mass is 10.3. The number of nitrogens with two attached hydrogens (primary N) is 2. The van der Waals surface area contributed by atoms with E-state index in [1.165, 1.54) is 15.6 Å². The maximum absolute atomic E-state index is 12.3. The average Bonchev–Trinajstić information content (AvgIpc) is 2.79. The minimum atomic E-state index is -3.36. The van der Waals surface area contributed by atoms with Crippen LogP contribution in [-0.2, 0) is 16.4 Å². The highest BCUT2D eigenvalue weighted by Gasteiger charge is 2.23. The largest absolute Gasteiger partial charge is 0.370 e. The second-order valence-corrected chi connectivity index (χ2v) is 7.20. The number of rotatable bonds is 7. The van der Waals surface area contributed by atoms with Crippen molar-refractivity contribution in [2.45, 2.75) is 24.5 Å². The molecule has 0 aliphatic carbocycles. The number of aliphatic imine (C=N–C) groups is 1. The molecule has 0 saturated carbocycles. The molecule has 0 atom stereocenters. The normalized spacial score (nSPS) is 11.2. The van der Waals surface area contributed by atoms with Crippen LogP contribution >= 0.6 is 35.3 Å². The van der Waals surface area contributed by atoms with Gasteiger partial charge in [0.05, 0.1) is 0 Å². The molecule has 116 valence electrons. The zero-order valence-electron chi connectivity index (χ0n) is 11.6. The van der Waals surface area contributed by atoms with Crippen LogP contribution in [0.25, 0.3) is 0 Å². The molecule has 20 heavy (non-hydrogen) atoms. The Bertz CT molecular complexity index is 534. The van der Waals surface area contributed by atoms with Gasteiger partial charge in [-0.3, -0.25) is 4.99 Å². The molecule has 0 fully saturated rings. The summed E-state index contributed by atoms with van der Waals surface area (Å²) in [5, 5.41) is 0. The molecule has 4 N–H and O–H groups in total. The number of halogens is 1. The molecule has 0 radical (unpaired) electrons. The molecule has 1 aromatic rings. The van der Waals surface area contributed by atoms with E-state index < -0.39 is 10.0 Å². The molecule has 1 heterocycles. The molecular weight excluding hydrogens is 411 g/mol. The average molecular weight is 432 g/mol. The molecular formula is C11H21IN4O2S2. The number of hydrogen-bond acceptors (Lipinski definition) is 4. The van der Waals surface area contributed by atoms with Crippen LogP contribution in [0.1, 0.15) is 18.7 Å². The van der Waals surface area contributed by atoms with E-state index in [0.717, 1.165) is 4.88 Å². The van der Waals surface area contributed by atoms with Gasteiger partial charge in [0.1, 0.15) is 4.21 Å². The first-order valence-electron chi connectivity index (χ1n) is 6.06. The van der Waals surface area contributed by atoms with Gasteiger partial charge in [-0.25, -0.2) is 8.42 Å². The summed E-state index contributed by atoms with van der Waals surface area (Å²) < 4.78 is 26.3. The standard InChI is InChI=1S/C11H20N4O2S2.HI/c1-3-15(4-2)19(16,17)10-6-5-9(18-10)7-8-14-11(12)13;/h5-6H,3-4,7-8H2,1-2H3,(H4,12,13,14);1H. The van der Waals surface area contributed by atoms with E-state index in [2.05, 4.69) is 4.99 Å². The van der Waals surface area contributed by atoms with Crippen molar-refractivity contribution in [1.29, 1.82) is 0 Å². The first-order chi connectivity index (χ1) is 8.91. The topological polar surface area (TPSA) is 102 Å². The van der Waals surface area contributed by atoms with Crippen LogP contribution in [-0.4, -0.2) is 38.3 Å². The van der Waals surface area contributed by atoms with Crippen LogP contribution in [0.4, 0.5) is 0 Å². The lowest BCUT2D eigenvalue weighted by molar-refractivity contribution is 0.447. The van der Waals surface area contributed by atoms with Crippen molar-refractivity contribution in [3.8, 4) is 0 Å². The van der Waals surface area contributed by atoms with Gasteiger partial charge < -0.3 is 11.5 Å². The van der Waals surface area contributed by atoms with Crippen molar-refractivity contribution in [1.82, 2.24) is 4.31 Å². The summed E-state index contributed by atoms with van der Waals surface area (Å²) >= 11 is 1.27. The van der Waals surface area contributed by atoms with Gasteiger partial charge in [0.15, 0.2) is 5.96 Å². The molecule has 0 saturated heterocycles. The fourth-order valence-electron chi connectivity index (χ4n) is 1.62. The van der Waals surface area contributed by atoms with Gasteiger partial charge in [0.25, 0.3) is 10.0 Å². The Kier molecular flexibility index (Phi) is 8.63. The molecule has 0 aliphatic heterocycles. The van der Waals surface area contributed by atoms with Crippen LogP contribution in [0.5, 0.6) is 0 Å². The van der Waals surface area contributed by atoms with Crippen LogP contribution < -0.4 is 11.5 Å². The summed E-state index contributed by atoms with van der Waals surface area (Å²) in [7, 11) is -3.36. The van der Waals surface area contributed by atoms with E-state index in [1.54, 1.807) is 6.07 Å². The van der Waals surface area contributed by atoms with Gasteiger partial charge in [0, 0.05) is 30.9 Å².